The molecule has 1 aliphatic rings. The van der Waals surface area contributed by atoms with Crippen molar-refractivity contribution in [2.24, 2.45) is 0 Å². The molecule has 1 N–H and O–H groups in total. The number of rotatable bonds is 4. The number of ether oxygens (including phenoxy) is 2. The third kappa shape index (κ3) is 3.56. The molecule has 2 atom stereocenters. The van der Waals surface area contributed by atoms with E-state index in [1.165, 1.54) is 0 Å². The largest absolute Gasteiger partial charge is 0.483 e. The molecule has 21 heavy (non-hydrogen) atoms. The van der Waals surface area contributed by atoms with Crippen molar-refractivity contribution in [3.63, 3.8) is 0 Å². The van der Waals surface area contributed by atoms with Crippen LogP contribution in [-0.4, -0.2) is 25.8 Å². The Bertz CT molecular complexity index is 570. The topological polar surface area (TPSA) is 30.5 Å². The average Bonchev–Trinajstić information content (AvgIpc) is 2.55. The molecule has 0 amide bonds. The van der Waals surface area contributed by atoms with Crippen molar-refractivity contribution >= 4 is 11.6 Å². The first kappa shape index (κ1) is 14.4. The van der Waals surface area contributed by atoms with Crippen molar-refractivity contribution in [3.8, 4) is 5.75 Å². The van der Waals surface area contributed by atoms with Gasteiger partial charge in [0.15, 0.2) is 6.10 Å². The second kappa shape index (κ2) is 6.94. The lowest BCUT2D eigenvalue weighted by Crippen LogP contribution is -2.43. The van der Waals surface area contributed by atoms with Gasteiger partial charge in [0.1, 0.15) is 11.9 Å². The maximum absolute atomic E-state index is 6.35. The lowest BCUT2D eigenvalue weighted by molar-refractivity contribution is -0.0432. The molecule has 0 aromatic heterocycles. The molecule has 2 aromatic carbocycles. The summed E-state index contributed by atoms with van der Waals surface area (Å²) in [5, 5.41) is 4.04. The molecule has 2 unspecified atom stereocenters. The van der Waals surface area contributed by atoms with Gasteiger partial charge in [-0.15, -0.1) is 0 Å². The zero-order chi connectivity index (χ0) is 14.5. The predicted molar refractivity (Wildman–Crippen MR) is 83.9 cm³/mol. The van der Waals surface area contributed by atoms with Crippen LogP contribution >= 0.6 is 11.6 Å². The molecule has 0 bridgehead atoms. The second-order valence-corrected chi connectivity index (χ2v) is 5.39. The van der Waals surface area contributed by atoms with Gasteiger partial charge in [-0.3, -0.25) is 0 Å². The molecule has 3 nitrogen and oxygen atoms in total. The molecular weight excluding hydrogens is 286 g/mol. The van der Waals surface area contributed by atoms with Crippen molar-refractivity contribution < 1.29 is 9.47 Å². The smallest absolute Gasteiger partial charge is 0.152 e. The number of morpholine rings is 1. The average molecular weight is 304 g/mol. The molecule has 1 aliphatic heterocycles. The highest BCUT2D eigenvalue weighted by Crippen LogP contribution is 2.31. The van der Waals surface area contributed by atoms with Crippen LogP contribution in [0.15, 0.2) is 54.6 Å². The number of halogens is 1. The Morgan fingerprint density at radius 2 is 1.86 bits per heavy atom. The quantitative estimate of drug-likeness (QED) is 0.938. The Morgan fingerprint density at radius 3 is 2.57 bits per heavy atom. The van der Waals surface area contributed by atoms with E-state index < -0.39 is 0 Å². The van der Waals surface area contributed by atoms with Crippen molar-refractivity contribution in [1.29, 1.82) is 0 Å². The van der Waals surface area contributed by atoms with E-state index in [-0.39, 0.29) is 12.2 Å². The van der Waals surface area contributed by atoms with Gasteiger partial charge < -0.3 is 14.8 Å². The normalized spacial score (nSPS) is 20.0. The summed E-state index contributed by atoms with van der Waals surface area (Å²) in [4.78, 5) is 0. The summed E-state index contributed by atoms with van der Waals surface area (Å²) >= 11 is 6.35. The molecule has 0 saturated carbocycles. The molecule has 1 saturated heterocycles. The van der Waals surface area contributed by atoms with Crippen LogP contribution in [0.25, 0.3) is 0 Å². The standard InChI is InChI=1S/C17H18ClNO2/c18-15-9-5-4-8-14(15)17(16-12-19-10-11-20-16)21-13-6-2-1-3-7-13/h1-9,16-17,19H,10-12H2. The molecule has 4 heteroatoms. The minimum Gasteiger partial charge on any atom is -0.483 e. The highest BCUT2D eigenvalue weighted by atomic mass is 35.5. The summed E-state index contributed by atoms with van der Waals surface area (Å²) < 4.78 is 12.0. The Kier molecular flexibility index (Phi) is 4.76. The zero-order valence-corrected chi connectivity index (χ0v) is 12.4. The number of para-hydroxylation sites is 1. The van der Waals surface area contributed by atoms with Gasteiger partial charge in [-0.05, 0) is 18.2 Å². The fraction of sp³-hybridized carbons (Fsp3) is 0.294. The van der Waals surface area contributed by atoms with Crippen molar-refractivity contribution in [2.75, 3.05) is 19.7 Å². The first-order valence-corrected chi connectivity index (χ1v) is 7.51. The van der Waals surface area contributed by atoms with Gasteiger partial charge in [-0.1, -0.05) is 48.0 Å². The number of hydrogen-bond donors (Lipinski definition) is 1. The highest BCUT2D eigenvalue weighted by molar-refractivity contribution is 6.31. The molecule has 1 heterocycles. The maximum Gasteiger partial charge on any atom is 0.152 e. The minimum atomic E-state index is -0.228. The Hall–Kier alpha value is -1.55. The molecule has 0 radical (unpaired) electrons. The third-order valence-corrected chi connectivity index (χ3v) is 3.86. The maximum atomic E-state index is 6.35. The fourth-order valence-electron chi connectivity index (χ4n) is 2.47. The van der Waals surface area contributed by atoms with Gasteiger partial charge >= 0.3 is 0 Å². The second-order valence-electron chi connectivity index (χ2n) is 4.99. The van der Waals surface area contributed by atoms with Crippen molar-refractivity contribution in [3.05, 3.63) is 65.2 Å². The zero-order valence-electron chi connectivity index (χ0n) is 11.7. The molecule has 3 rings (SSSR count). The molecule has 1 fully saturated rings. The summed E-state index contributed by atoms with van der Waals surface area (Å²) in [6.07, 6.45) is -0.284. The number of hydrogen-bond acceptors (Lipinski definition) is 3. The van der Waals surface area contributed by atoms with Crippen molar-refractivity contribution in [1.82, 2.24) is 5.32 Å². The summed E-state index contributed by atoms with van der Waals surface area (Å²) in [5.41, 5.74) is 0.955. The summed E-state index contributed by atoms with van der Waals surface area (Å²) in [6, 6.07) is 17.5. The molecule has 2 aromatic rings. The lowest BCUT2D eigenvalue weighted by atomic mass is 10.0. The number of benzene rings is 2. The predicted octanol–water partition coefficient (Wildman–Crippen LogP) is 3.45. The van der Waals surface area contributed by atoms with E-state index in [1.807, 2.05) is 54.6 Å². The van der Waals surface area contributed by atoms with Crippen LogP contribution in [0.2, 0.25) is 5.02 Å². The van der Waals surface area contributed by atoms with E-state index in [9.17, 15) is 0 Å². The summed E-state index contributed by atoms with van der Waals surface area (Å²) in [6.45, 7) is 2.31. The fourth-order valence-corrected chi connectivity index (χ4v) is 2.71. The van der Waals surface area contributed by atoms with Gasteiger partial charge in [0.25, 0.3) is 0 Å². The van der Waals surface area contributed by atoms with Crippen LogP contribution in [0, 0.1) is 0 Å². The van der Waals surface area contributed by atoms with Gasteiger partial charge in [0.05, 0.1) is 6.61 Å². The molecule has 0 aliphatic carbocycles. The first-order valence-electron chi connectivity index (χ1n) is 7.13. The van der Waals surface area contributed by atoms with Crippen LogP contribution in [0.3, 0.4) is 0 Å². The van der Waals surface area contributed by atoms with E-state index in [0.717, 1.165) is 24.4 Å². The Balaban J connectivity index is 1.89. The van der Waals surface area contributed by atoms with Crippen LogP contribution in [0.1, 0.15) is 11.7 Å². The first-order chi connectivity index (χ1) is 10.3. The van der Waals surface area contributed by atoms with Gasteiger partial charge in [-0.25, -0.2) is 0 Å². The van der Waals surface area contributed by atoms with E-state index >= 15 is 0 Å². The molecular formula is C17H18ClNO2. The third-order valence-electron chi connectivity index (χ3n) is 3.51. The molecule has 0 spiro atoms. The lowest BCUT2D eigenvalue weighted by Gasteiger charge is -2.32. The van der Waals surface area contributed by atoms with Gasteiger partial charge in [0, 0.05) is 23.7 Å². The molecule has 110 valence electrons. The van der Waals surface area contributed by atoms with Crippen LogP contribution in [0.4, 0.5) is 0 Å². The van der Waals surface area contributed by atoms with Crippen LogP contribution in [0.5, 0.6) is 5.75 Å². The highest BCUT2D eigenvalue weighted by Gasteiger charge is 2.29. The van der Waals surface area contributed by atoms with Gasteiger partial charge in [-0.2, -0.15) is 0 Å². The van der Waals surface area contributed by atoms with Crippen LogP contribution < -0.4 is 10.1 Å². The summed E-state index contributed by atoms with van der Waals surface area (Å²) in [5.74, 6) is 0.816. The van der Waals surface area contributed by atoms with E-state index in [0.29, 0.717) is 11.6 Å². The Morgan fingerprint density at radius 1 is 1.10 bits per heavy atom. The van der Waals surface area contributed by atoms with E-state index in [2.05, 4.69) is 5.32 Å². The Labute approximate surface area is 129 Å². The monoisotopic (exact) mass is 303 g/mol. The SMILES string of the molecule is Clc1ccccc1C(Oc1ccccc1)C1CNCCO1. The van der Waals surface area contributed by atoms with Gasteiger partial charge in [0.2, 0.25) is 0 Å². The van der Waals surface area contributed by atoms with Crippen LogP contribution in [-0.2, 0) is 4.74 Å². The number of nitrogens with one attached hydrogen (secondary N) is 1. The van der Waals surface area contributed by atoms with Crippen molar-refractivity contribution in [2.45, 2.75) is 12.2 Å². The minimum absolute atomic E-state index is 0.0566. The summed E-state index contributed by atoms with van der Waals surface area (Å²) in [7, 11) is 0. The van der Waals surface area contributed by atoms with E-state index in [1.54, 1.807) is 0 Å². The van der Waals surface area contributed by atoms with E-state index in [4.69, 9.17) is 21.1 Å².